The first kappa shape index (κ1) is 13.1. The number of nitrogens with zero attached hydrogens (tertiary/aromatic N) is 1. The van der Waals surface area contributed by atoms with E-state index < -0.39 is 25.4 Å². The van der Waals surface area contributed by atoms with Crippen LogP contribution in [0.2, 0.25) is 5.02 Å². The summed E-state index contributed by atoms with van der Waals surface area (Å²) >= 11 is 5.90. The molecule has 0 aliphatic rings. The summed E-state index contributed by atoms with van der Waals surface area (Å²) in [5.74, 6) is 0. The Morgan fingerprint density at radius 3 is 2.19 bits per heavy atom. The molecule has 1 rings (SSSR count). The fourth-order valence-corrected chi connectivity index (χ4v) is 1.24. The first-order valence-corrected chi connectivity index (χ1v) is 5.17. The van der Waals surface area contributed by atoms with E-state index in [1.165, 1.54) is 6.21 Å². The molecule has 0 atom stereocenters. The number of rotatable bonds is 5. The molecule has 0 radical (unpaired) electrons. The van der Waals surface area contributed by atoms with Gasteiger partial charge in [0, 0.05) is 16.8 Å². The molecule has 0 spiro atoms. The van der Waals surface area contributed by atoms with Crippen molar-refractivity contribution in [2.45, 2.75) is 5.54 Å². The molecular weight excluding hydrogens is 230 g/mol. The smallest absolute Gasteiger partial charge is 0.129 e. The number of aliphatic imine (C=N–C) groups is 1. The van der Waals surface area contributed by atoms with Crippen LogP contribution in [0.4, 0.5) is 0 Å². The number of hydrogen-bond donors (Lipinski definition) is 3. The van der Waals surface area contributed by atoms with Crippen molar-refractivity contribution in [2.75, 3.05) is 19.8 Å². The highest BCUT2D eigenvalue weighted by molar-refractivity contribution is 6.33. The average Bonchev–Trinajstić information content (AvgIpc) is 2.34. The number of aliphatic hydroxyl groups excluding tert-OH is 3. The zero-order valence-corrected chi connectivity index (χ0v) is 9.43. The molecule has 0 saturated carbocycles. The highest BCUT2D eigenvalue weighted by Crippen LogP contribution is 2.14. The largest absolute Gasteiger partial charge is 0.394 e. The molecule has 0 heterocycles. The molecule has 0 unspecified atom stereocenters. The molecule has 16 heavy (non-hydrogen) atoms. The second kappa shape index (κ2) is 5.96. The first-order chi connectivity index (χ1) is 7.67. The van der Waals surface area contributed by atoms with Crippen molar-refractivity contribution in [2.24, 2.45) is 4.99 Å². The molecule has 0 fully saturated rings. The van der Waals surface area contributed by atoms with Crippen LogP contribution in [-0.4, -0.2) is 46.9 Å². The van der Waals surface area contributed by atoms with Gasteiger partial charge >= 0.3 is 0 Å². The van der Waals surface area contributed by atoms with Crippen molar-refractivity contribution >= 4 is 17.8 Å². The van der Waals surface area contributed by atoms with Crippen LogP contribution in [0.1, 0.15) is 5.56 Å². The lowest BCUT2D eigenvalue weighted by atomic mass is 10.1. The molecule has 0 saturated heterocycles. The summed E-state index contributed by atoms with van der Waals surface area (Å²) in [5.41, 5.74) is -0.581. The van der Waals surface area contributed by atoms with Crippen LogP contribution in [0.25, 0.3) is 0 Å². The van der Waals surface area contributed by atoms with E-state index in [2.05, 4.69) is 4.99 Å². The molecule has 0 bridgehead atoms. The third-order valence-electron chi connectivity index (χ3n) is 2.27. The Morgan fingerprint density at radius 2 is 1.69 bits per heavy atom. The molecular formula is C11H14ClNO3. The van der Waals surface area contributed by atoms with E-state index in [0.29, 0.717) is 10.6 Å². The van der Waals surface area contributed by atoms with Crippen molar-refractivity contribution in [1.82, 2.24) is 0 Å². The van der Waals surface area contributed by atoms with Crippen molar-refractivity contribution in [3.63, 3.8) is 0 Å². The summed E-state index contributed by atoms with van der Waals surface area (Å²) < 4.78 is 0. The lowest BCUT2D eigenvalue weighted by Crippen LogP contribution is -2.39. The van der Waals surface area contributed by atoms with Gasteiger partial charge < -0.3 is 15.3 Å². The Kier molecular flexibility index (Phi) is 4.89. The summed E-state index contributed by atoms with van der Waals surface area (Å²) in [6, 6.07) is 7.05. The van der Waals surface area contributed by atoms with Gasteiger partial charge in [0.25, 0.3) is 0 Å². The summed E-state index contributed by atoms with van der Waals surface area (Å²) in [7, 11) is 0. The minimum Gasteiger partial charge on any atom is -0.394 e. The maximum Gasteiger partial charge on any atom is 0.129 e. The van der Waals surface area contributed by atoms with Crippen molar-refractivity contribution in [1.29, 1.82) is 0 Å². The minimum absolute atomic E-state index is 0.430. The van der Waals surface area contributed by atoms with Crippen molar-refractivity contribution in [3.05, 3.63) is 34.9 Å². The summed E-state index contributed by atoms with van der Waals surface area (Å²) in [5, 5.41) is 27.7. The van der Waals surface area contributed by atoms with Gasteiger partial charge in [0.1, 0.15) is 5.54 Å². The third-order valence-corrected chi connectivity index (χ3v) is 2.61. The average molecular weight is 244 g/mol. The maximum atomic E-state index is 9.06. The van der Waals surface area contributed by atoms with E-state index in [-0.39, 0.29) is 0 Å². The molecule has 3 N–H and O–H groups in total. The van der Waals surface area contributed by atoms with E-state index >= 15 is 0 Å². The molecule has 1 aromatic carbocycles. The maximum absolute atomic E-state index is 9.06. The number of halogens is 1. The van der Waals surface area contributed by atoms with Gasteiger partial charge in [0.2, 0.25) is 0 Å². The Labute approximate surface area is 98.8 Å². The van der Waals surface area contributed by atoms with Crippen LogP contribution in [-0.2, 0) is 0 Å². The van der Waals surface area contributed by atoms with Gasteiger partial charge in [-0.15, -0.1) is 0 Å². The van der Waals surface area contributed by atoms with Crippen LogP contribution in [0.5, 0.6) is 0 Å². The van der Waals surface area contributed by atoms with Gasteiger partial charge in [-0.05, 0) is 6.07 Å². The standard InChI is InChI=1S/C11H14ClNO3/c12-10-4-2-1-3-9(10)5-13-11(6-14,7-15)8-16/h1-5,14-16H,6-8H2. The molecule has 0 aromatic heterocycles. The summed E-state index contributed by atoms with van der Waals surface area (Å²) in [6.45, 7) is -1.29. The third kappa shape index (κ3) is 3.02. The Bertz CT molecular complexity index is 356. The Morgan fingerprint density at radius 1 is 1.12 bits per heavy atom. The van der Waals surface area contributed by atoms with Crippen molar-refractivity contribution in [3.8, 4) is 0 Å². The van der Waals surface area contributed by atoms with Crippen LogP contribution < -0.4 is 0 Å². The lowest BCUT2D eigenvalue weighted by molar-refractivity contribution is 0.0718. The first-order valence-electron chi connectivity index (χ1n) is 4.80. The molecule has 0 aliphatic heterocycles. The second-order valence-electron chi connectivity index (χ2n) is 3.48. The predicted molar refractivity (Wildman–Crippen MR) is 63.0 cm³/mol. The van der Waals surface area contributed by atoms with Gasteiger partial charge in [-0.3, -0.25) is 4.99 Å². The molecule has 88 valence electrons. The molecule has 4 nitrogen and oxygen atoms in total. The zero-order valence-electron chi connectivity index (χ0n) is 8.67. The SMILES string of the molecule is OCC(CO)(CO)N=Cc1ccccc1Cl. The fourth-order valence-electron chi connectivity index (χ4n) is 1.06. The summed E-state index contributed by atoms with van der Waals surface area (Å²) in [4.78, 5) is 3.98. The van der Waals surface area contributed by atoms with E-state index in [1.54, 1.807) is 24.3 Å². The van der Waals surface area contributed by atoms with Gasteiger partial charge in [0.15, 0.2) is 0 Å². The molecule has 1 aromatic rings. The monoisotopic (exact) mass is 243 g/mol. The highest BCUT2D eigenvalue weighted by Gasteiger charge is 2.26. The minimum atomic E-state index is -1.25. The summed E-state index contributed by atoms with van der Waals surface area (Å²) in [6.07, 6.45) is 1.44. The van der Waals surface area contributed by atoms with Crippen LogP contribution in [0.3, 0.4) is 0 Å². The lowest BCUT2D eigenvalue weighted by Gasteiger charge is -2.22. The van der Waals surface area contributed by atoms with Crippen LogP contribution >= 0.6 is 11.6 Å². The van der Waals surface area contributed by atoms with Crippen molar-refractivity contribution < 1.29 is 15.3 Å². The van der Waals surface area contributed by atoms with Crippen LogP contribution in [0, 0.1) is 0 Å². The number of benzene rings is 1. The van der Waals surface area contributed by atoms with Gasteiger partial charge in [0.05, 0.1) is 19.8 Å². The highest BCUT2D eigenvalue weighted by atomic mass is 35.5. The molecule has 0 aliphatic carbocycles. The van der Waals surface area contributed by atoms with Gasteiger partial charge in [-0.25, -0.2) is 0 Å². The molecule has 5 heteroatoms. The predicted octanol–water partition coefficient (Wildman–Crippen LogP) is 0.475. The number of aliphatic hydroxyl groups is 3. The van der Waals surface area contributed by atoms with Crippen LogP contribution in [0.15, 0.2) is 29.3 Å². The quantitative estimate of drug-likeness (QED) is 0.659. The molecule has 0 amide bonds. The van der Waals surface area contributed by atoms with E-state index in [4.69, 9.17) is 26.9 Å². The fraction of sp³-hybridized carbons (Fsp3) is 0.364. The van der Waals surface area contributed by atoms with E-state index in [1.807, 2.05) is 0 Å². The number of hydrogen-bond acceptors (Lipinski definition) is 4. The normalized spacial score (nSPS) is 12.2. The van der Waals surface area contributed by atoms with Gasteiger partial charge in [-0.2, -0.15) is 0 Å². The Balaban J connectivity index is 2.91. The van der Waals surface area contributed by atoms with E-state index in [9.17, 15) is 0 Å². The van der Waals surface area contributed by atoms with E-state index in [0.717, 1.165) is 0 Å². The zero-order chi connectivity index (χ0) is 12.0. The Hall–Kier alpha value is -0.940. The second-order valence-corrected chi connectivity index (χ2v) is 3.89. The topological polar surface area (TPSA) is 73.0 Å². The van der Waals surface area contributed by atoms with Gasteiger partial charge in [-0.1, -0.05) is 29.8 Å².